The molecule has 57 valence electrons. The molecule has 0 aliphatic carbocycles. The molecule has 0 heterocycles. The van der Waals surface area contributed by atoms with Gasteiger partial charge >= 0.3 is 0 Å². The minimum Gasteiger partial charge on any atom is -0.488 e. The van der Waals surface area contributed by atoms with E-state index < -0.39 is 5.97 Å². The van der Waals surface area contributed by atoms with Crippen LogP contribution in [0, 0.1) is 6.42 Å². The van der Waals surface area contributed by atoms with Crippen molar-refractivity contribution in [2.45, 2.75) is 13.8 Å². The van der Waals surface area contributed by atoms with Crippen LogP contribution >= 0.6 is 0 Å². The number of carbonyl (C=O) groups excluding carboxylic acids is 2. The fraction of sp³-hybridized carbons (Fsp3) is 0.500. The van der Waals surface area contributed by atoms with Gasteiger partial charge in [0.2, 0.25) is 0 Å². The van der Waals surface area contributed by atoms with Gasteiger partial charge in [0.1, 0.15) is 0 Å². The molecule has 0 saturated heterocycles. The van der Waals surface area contributed by atoms with Gasteiger partial charge < -0.3 is 9.53 Å². The second kappa shape index (κ2) is 6.71. The monoisotopic (exact) mass is 180 g/mol. The first-order chi connectivity index (χ1) is 4.16. The van der Waals surface area contributed by atoms with Crippen molar-refractivity contribution in [1.29, 1.82) is 0 Å². The third-order valence-electron chi connectivity index (χ3n) is 0.608. The van der Waals surface area contributed by atoms with E-state index >= 15 is 0 Å². The summed E-state index contributed by atoms with van der Waals surface area (Å²) < 4.78 is 4.44. The van der Waals surface area contributed by atoms with Crippen molar-refractivity contribution in [3.8, 4) is 0 Å². The van der Waals surface area contributed by atoms with Crippen LogP contribution in [0.15, 0.2) is 0 Å². The molecule has 0 aliphatic heterocycles. The summed E-state index contributed by atoms with van der Waals surface area (Å²) in [6, 6.07) is 0. The Bertz CT molecular complexity index is 122. The van der Waals surface area contributed by atoms with Gasteiger partial charge in [0.25, 0.3) is 0 Å². The smallest absolute Gasteiger partial charge is 0.173 e. The van der Waals surface area contributed by atoms with Gasteiger partial charge in [-0.05, 0) is 13.8 Å². The maximum absolute atomic E-state index is 10.4. The third kappa shape index (κ3) is 7.59. The largest absolute Gasteiger partial charge is 0.488 e. The molecule has 0 atom stereocenters. The predicted molar refractivity (Wildman–Crippen MR) is 31.6 cm³/mol. The van der Waals surface area contributed by atoms with Crippen molar-refractivity contribution < 1.29 is 32.9 Å². The minimum absolute atomic E-state index is 0. The second-order valence-electron chi connectivity index (χ2n) is 1.51. The molecule has 4 heteroatoms. The molecule has 0 amide bonds. The Labute approximate surface area is 72.0 Å². The maximum Gasteiger partial charge on any atom is 0.173 e. The summed E-state index contributed by atoms with van der Waals surface area (Å²) in [5, 5.41) is 0. The van der Waals surface area contributed by atoms with Crippen LogP contribution in [-0.2, 0) is 32.9 Å². The van der Waals surface area contributed by atoms with Crippen molar-refractivity contribution >= 4 is 11.8 Å². The number of carbonyl (C=O) groups is 2. The zero-order valence-electron chi connectivity index (χ0n) is 5.96. The number of ether oxygens (including phenoxy) is 1. The van der Waals surface area contributed by atoms with Gasteiger partial charge in [-0.25, -0.2) is 6.42 Å². The minimum atomic E-state index is -0.565. The molecular weight excluding hydrogens is 171 g/mol. The van der Waals surface area contributed by atoms with Crippen LogP contribution in [0.25, 0.3) is 0 Å². The van der Waals surface area contributed by atoms with Crippen LogP contribution in [0.2, 0.25) is 0 Å². The maximum atomic E-state index is 10.4. The summed E-state index contributed by atoms with van der Waals surface area (Å²) in [5.74, 6) is -0.849. The molecule has 0 N–H and O–H groups in total. The molecule has 0 bridgehead atoms. The molecule has 0 aliphatic rings. The van der Waals surface area contributed by atoms with E-state index in [-0.39, 0.29) is 24.3 Å². The molecule has 0 aromatic heterocycles. The normalized spacial score (nSPS) is 7.40. The summed E-state index contributed by atoms with van der Waals surface area (Å²) in [6.45, 7) is 3.30. The first kappa shape index (κ1) is 12.3. The standard InChI is InChI=1S/C6H9O3.V/c1-3-9-6(8)4-5(2)7;/h4H,3H2,1-2H3;/q-1;. The van der Waals surface area contributed by atoms with E-state index in [1.165, 1.54) is 6.92 Å². The first-order valence-electron chi connectivity index (χ1n) is 2.69. The average molecular weight is 180 g/mol. The van der Waals surface area contributed by atoms with Crippen LogP contribution in [-0.4, -0.2) is 18.4 Å². The quantitative estimate of drug-likeness (QED) is 0.357. The van der Waals surface area contributed by atoms with Crippen LogP contribution in [0.1, 0.15) is 13.8 Å². The summed E-state index contributed by atoms with van der Waals surface area (Å²) in [7, 11) is 0. The summed E-state index contributed by atoms with van der Waals surface area (Å²) in [4.78, 5) is 20.5. The van der Waals surface area contributed by atoms with Gasteiger partial charge in [0.05, 0.1) is 6.61 Å². The fourth-order valence-electron chi connectivity index (χ4n) is 0.350. The zero-order valence-corrected chi connectivity index (χ0v) is 7.35. The Morgan fingerprint density at radius 1 is 1.50 bits per heavy atom. The summed E-state index contributed by atoms with van der Waals surface area (Å²) >= 11 is 0. The Balaban J connectivity index is 0. The molecule has 3 nitrogen and oxygen atoms in total. The van der Waals surface area contributed by atoms with E-state index in [2.05, 4.69) is 4.74 Å². The van der Waals surface area contributed by atoms with Crippen LogP contribution in [0.3, 0.4) is 0 Å². The van der Waals surface area contributed by atoms with Crippen LogP contribution in [0.5, 0.6) is 0 Å². The van der Waals surface area contributed by atoms with Crippen molar-refractivity contribution in [3.05, 3.63) is 6.42 Å². The van der Waals surface area contributed by atoms with E-state index in [1.807, 2.05) is 0 Å². The van der Waals surface area contributed by atoms with E-state index in [1.54, 1.807) is 6.92 Å². The molecule has 0 aromatic carbocycles. The Morgan fingerprint density at radius 2 is 2.00 bits per heavy atom. The van der Waals surface area contributed by atoms with Gasteiger partial charge in [0, 0.05) is 24.3 Å². The number of rotatable bonds is 3. The van der Waals surface area contributed by atoms with Gasteiger partial charge in [-0.2, -0.15) is 0 Å². The number of ketones is 1. The molecule has 0 aromatic rings. The van der Waals surface area contributed by atoms with Crippen LogP contribution < -0.4 is 0 Å². The van der Waals surface area contributed by atoms with Gasteiger partial charge in [-0.15, -0.1) is 0 Å². The SMILES string of the molecule is CCOC(=O)[CH-]C(C)=O.[V]. The molecule has 0 saturated carbocycles. The van der Waals surface area contributed by atoms with Crippen LogP contribution in [0.4, 0.5) is 0 Å². The zero-order chi connectivity index (χ0) is 7.28. The number of Topliss-reactive ketones (excluding diaryl/α,β-unsaturated/α-hetero) is 1. The van der Waals surface area contributed by atoms with Crippen molar-refractivity contribution in [3.63, 3.8) is 0 Å². The summed E-state index contributed by atoms with van der Waals surface area (Å²) in [6.07, 6.45) is 0.920. The number of hydrogen-bond acceptors (Lipinski definition) is 3. The number of esters is 1. The van der Waals surface area contributed by atoms with E-state index in [9.17, 15) is 9.59 Å². The van der Waals surface area contributed by atoms with Crippen molar-refractivity contribution in [2.24, 2.45) is 0 Å². The number of hydrogen-bond donors (Lipinski definition) is 0. The molecule has 0 spiro atoms. The second-order valence-corrected chi connectivity index (χ2v) is 1.51. The average Bonchev–Trinajstić information content (AvgIpc) is 1.63. The van der Waals surface area contributed by atoms with Crippen molar-refractivity contribution in [2.75, 3.05) is 6.61 Å². The predicted octanol–water partition coefficient (Wildman–Crippen LogP) is 0.340. The first-order valence-corrected chi connectivity index (χ1v) is 2.69. The Morgan fingerprint density at radius 3 is 2.30 bits per heavy atom. The molecule has 0 unspecified atom stereocenters. The van der Waals surface area contributed by atoms with Gasteiger partial charge in [0.15, 0.2) is 5.97 Å². The third-order valence-corrected chi connectivity index (χ3v) is 0.608. The van der Waals surface area contributed by atoms with E-state index in [4.69, 9.17) is 0 Å². The van der Waals surface area contributed by atoms with Crippen molar-refractivity contribution in [1.82, 2.24) is 0 Å². The Hall–Kier alpha value is -0.406. The molecule has 0 rings (SSSR count). The molecule has 1 radical (unpaired) electrons. The van der Waals surface area contributed by atoms with E-state index in [0.717, 1.165) is 6.42 Å². The van der Waals surface area contributed by atoms with Gasteiger partial charge in [-0.3, -0.25) is 4.79 Å². The Kier molecular flexibility index (Phi) is 8.25. The van der Waals surface area contributed by atoms with E-state index in [0.29, 0.717) is 6.61 Å². The molecule has 10 heavy (non-hydrogen) atoms. The molecular formula is C6H9O3V-. The molecule has 0 fully saturated rings. The van der Waals surface area contributed by atoms with Gasteiger partial charge in [-0.1, -0.05) is 0 Å². The summed E-state index contributed by atoms with van der Waals surface area (Å²) in [5.41, 5.74) is 0. The fourth-order valence-corrected chi connectivity index (χ4v) is 0.350. The topological polar surface area (TPSA) is 43.4 Å².